The zero-order chi connectivity index (χ0) is 44.8. The third-order valence-corrected chi connectivity index (χ3v) is 15.5. The molecule has 1 nitrogen and oxygen atoms in total. The van der Waals surface area contributed by atoms with Crippen molar-refractivity contribution in [2.75, 3.05) is 0 Å². The summed E-state index contributed by atoms with van der Waals surface area (Å²) in [5.74, 6) is 0. The molecule has 2 aliphatic rings. The number of benzene rings is 11. The Kier molecular flexibility index (Phi) is 7.87. The molecule has 11 aromatic carbocycles. The summed E-state index contributed by atoms with van der Waals surface area (Å²) < 4.78 is 6.97. The van der Waals surface area contributed by atoms with Gasteiger partial charge < -0.3 is 4.42 Å². The average Bonchev–Trinajstić information content (AvgIpc) is 3.95. The highest BCUT2D eigenvalue weighted by Crippen LogP contribution is 2.63. The second-order valence-corrected chi connectivity index (χ2v) is 19.9. The molecule has 12 aromatic rings. The van der Waals surface area contributed by atoms with Crippen molar-refractivity contribution < 1.29 is 4.42 Å². The van der Waals surface area contributed by atoms with Crippen LogP contribution in [0.15, 0.2) is 211 Å². The van der Waals surface area contributed by atoms with E-state index in [9.17, 15) is 0 Å². The number of fused-ring (bicyclic) bond motifs is 15. The maximum absolute atomic E-state index is 6.97. The molecular formula is C66H46O. The quantitative estimate of drug-likeness (QED) is 0.161. The molecule has 67 heavy (non-hydrogen) atoms. The lowest BCUT2D eigenvalue weighted by Crippen LogP contribution is -2.24. The molecule has 0 saturated heterocycles. The first-order chi connectivity index (χ1) is 32.8. The predicted molar refractivity (Wildman–Crippen MR) is 283 cm³/mol. The van der Waals surface area contributed by atoms with Crippen LogP contribution in [0.3, 0.4) is 0 Å². The summed E-state index contributed by atoms with van der Waals surface area (Å²) in [6.45, 7) is 9.75. The third kappa shape index (κ3) is 5.31. The van der Waals surface area contributed by atoms with Gasteiger partial charge in [0.1, 0.15) is 11.2 Å². The highest BCUT2D eigenvalue weighted by molar-refractivity contribution is 6.23. The Hall–Kier alpha value is -8.00. The number of para-hydroxylation sites is 1. The van der Waals surface area contributed by atoms with Crippen molar-refractivity contribution in [1.29, 1.82) is 0 Å². The van der Waals surface area contributed by atoms with Gasteiger partial charge in [0, 0.05) is 27.2 Å². The SMILES string of the molecule is CC1(C)c2ccccc2-c2c1c1c(c3c2oc2ccccc23)-c2ccc(-c3c4ccccc4c(-c4cc(-c5ccccc5)cc(-c5ccc6ccccc6c5)c4)c4ccccc34)cc2C1(C)C. The molecule has 0 aliphatic heterocycles. The monoisotopic (exact) mass is 854 g/mol. The number of furan rings is 1. The highest BCUT2D eigenvalue weighted by Gasteiger charge is 2.48. The van der Waals surface area contributed by atoms with E-state index in [0.717, 1.165) is 11.2 Å². The number of hydrogen-bond donors (Lipinski definition) is 0. The summed E-state index contributed by atoms with van der Waals surface area (Å²) in [4.78, 5) is 0. The smallest absolute Gasteiger partial charge is 0.144 e. The average molecular weight is 855 g/mol. The van der Waals surface area contributed by atoms with Gasteiger partial charge in [0.15, 0.2) is 0 Å². The lowest BCUT2D eigenvalue weighted by Gasteiger charge is -2.31. The molecule has 2 aliphatic carbocycles. The molecule has 0 spiro atoms. The first-order valence-corrected chi connectivity index (χ1v) is 23.7. The van der Waals surface area contributed by atoms with E-state index in [1.165, 1.54) is 132 Å². The largest absolute Gasteiger partial charge is 0.455 e. The van der Waals surface area contributed by atoms with Crippen LogP contribution in [-0.4, -0.2) is 0 Å². The minimum absolute atomic E-state index is 0.209. The topological polar surface area (TPSA) is 13.1 Å². The van der Waals surface area contributed by atoms with Crippen LogP contribution in [0.2, 0.25) is 0 Å². The van der Waals surface area contributed by atoms with Gasteiger partial charge in [-0.2, -0.15) is 0 Å². The Balaban J connectivity index is 1.02. The van der Waals surface area contributed by atoms with Crippen LogP contribution in [0.1, 0.15) is 49.9 Å². The fourth-order valence-electron chi connectivity index (χ4n) is 12.5. The van der Waals surface area contributed by atoms with Crippen LogP contribution in [0.5, 0.6) is 0 Å². The zero-order valence-electron chi connectivity index (χ0n) is 38.0. The fourth-order valence-corrected chi connectivity index (χ4v) is 12.5. The molecule has 14 rings (SSSR count). The van der Waals surface area contributed by atoms with Crippen LogP contribution in [0.4, 0.5) is 0 Å². The van der Waals surface area contributed by atoms with Crippen LogP contribution in [0, 0.1) is 0 Å². The van der Waals surface area contributed by atoms with E-state index in [4.69, 9.17) is 4.42 Å². The molecule has 0 unspecified atom stereocenters. The normalized spacial score (nSPS) is 14.2. The minimum Gasteiger partial charge on any atom is -0.455 e. The molecule has 0 atom stereocenters. The van der Waals surface area contributed by atoms with Gasteiger partial charge in [0.25, 0.3) is 0 Å². The summed E-state index contributed by atoms with van der Waals surface area (Å²) in [5, 5.41) is 9.91. The molecule has 0 fully saturated rings. The predicted octanol–water partition coefficient (Wildman–Crippen LogP) is 18.3. The van der Waals surface area contributed by atoms with Gasteiger partial charge in [0.05, 0.1) is 0 Å². The second kappa shape index (κ2) is 13.8. The van der Waals surface area contributed by atoms with Crippen molar-refractivity contribution in [3.05, 3.63) is 229 Å². The maximum Gasteiger partial charge on any atom is 0.144 e. The zero-order valence-corrected chi connectivity index (χ0v) is 38.0. The van der Waals surface area contributed by atoms with Gasteiger partial charge in [-0.05, 0) is 152 Å². The van der Waals surface area contributed by atoms with Crippen molar-refractivity contribution in [2.24, 2.45) is 0 Å². The Labute approximate surface area is 390 Å². The van der Waals surface area contributed by atoms with Gasteiger partial charge in [-0.15, -0.1) is 0 Å². The molecule has 0 radical (unpaired) electrons. The van der Waals surface area contributed by atoms with Crippen LogP contribution in [-0.2, 0) is 10.8 Å². The van der Waals surface area contributed by atoms with E-state index in [1.54, 1.807) is 0 Å². The maximum atomic E-state index is 6.97. The molecule has 316 valence electrons. The van der Waals surface area contributed by atoms with E-state index < -0.39 is 0 Å². The first kappa shape index (κ1) is 38.3. The Morgan fingerprint density at radius 1 is 0.313 bits per heavy atom. The lowest BCUT2D eigenvalue weighted by molar-refractivity contribution is 0.600. The van der Waals surface area contributed by atoms with Crippen molar-refractivity contribution in [3.63, 3.8) is 0 Å². The molecule has 0 bridgehead atoms. The standard InChI is InChI=1S/C66H46O/c1-65(2)54-28-16-14-26-51(54)61-63(65)62-59(60-53-27-15-17-29-56(53)67-64(60)61)52-33-32-43(38-55(52)66(62,3)4)57-47-22-10-12-24-49(47)58(50-25-13-11-23-48(50)57)46-36-44(39-18-6-5-7-19-39)35-45(37-46)42-31-30-40-20-8-9-21-41(40)34-42/h5-38H,1-4H3. The molecule has 1 aromatic heterocycles. The van der Waals surface area contributed by atoms with Crippen molar-refractivity contribution in [3.8, 4) is 66.8 Å². The second-order valence-electron chi connectivity index (χ2n) is 19.9. The van der Waals surface area contributed by atoms with Crippen molar-refractivity contribution >= 4 is 54.3 Å². The minimum atomic E-state index is -0.292. The van der Waals surface area contributed by atoms with E-state index in [1.807, 2.05) is 0 Å². The Morgan fingerprint density at radius 3 is 1.57 bits per heavy atom. The summed E-state index contributed by atoms with van der Waals surface area (Å²) >= 11 is 0. The van der Waals surface area contributed by atoms with Crippen molar-refractivity contribution in [2.45, 2.75) is 38.5 Å². The summed E-state index contributed by atoms with van der Waals surface area (Å²) in [7, 11) is 0. The van der Waals surface area contributed by atoms with Gasteiger partial charge >= 0.3 is 0 Å². The summed E-state index contributed by atoms with van der Waals surface area (Å²) in [5.41, 5.74) is 22.0. The Morgan fingerprint density at radius 2 is 0.836 bits per heavy atom. The van der Waals surface area contributed by atoms with E-state index in [2.05, 4.69) is 234 Å². The summed E-state index contributed by atoms with van der Waals surface area (Å²) in [6.07, 6.45) is 0. The molecule has 0 N–H and O–H groups in total. The van der Waals surface area contributed by atoms with Crippen LogP contribution in [0.25, 0.3) is 121 Å². The third-order valence-electron chi connectivity index (χ3n) is 15.5. The molecule has 0 amide bonds. The molecule has 0 saturated carbocycles. The lowest BCUT2D eigenvalue weighted by atomic mass is 9.72. The van der Waals surface area contributed by atoms with E-state index >= 15 is 0 Å². The fraction of sp³-hybridized carbons (Fsp3) is 0.0909. The van der Waals surface area contributed by atoms with Gasteiger partial charge in [-0.25, -0.2) is 0 Å². The van der Waals surface area contributed by atoms with Gasteiger partial charge in [-0.1, -0.05) is 198 Å². The Bertz CT molecular complexity index is 4030. The van der Waals surface area contributed by atoms with Crippen LogP contribution < -0.4 is 0 Å². The van der Waals surface area contributed by atoms with Gasteiger partial charge in [0.2, 0.25) is 0 Å². The first-order valence-electron chi connectivity index (χ1n) is 23.7. The molecular weight excluding hydrogens is 809 g/mol. The van der Waals surface area contributed by atoms with Crippen molar-refractivity contribution in [1.82, 2.24) is 0 Å². The van der Waals surface area contributed by atoms with E-state index in [-0.39, 0.29) is 10.8 Å². The highest BCUT2D eigenvalue weighted by atomic mass is 16.3. The van der Waals surface area contributed by atoms with Gasteiger partial charge in [-0.3, -0.25) is 0 Å². The summed E-state index contributed by atoms with van der Waals surface area (Å²) in [6, 6.07) is 76.7. The molecule has 1 heterocycles. The molecule has 1 heteroatoms. The number of hydrogen-bond acceptors (Lipinski definition) is 1. The van der Waals surface area contributed by atoms with E-state index in [0.29, 0.717) is 0 Å². The van der Waals surface area contributed by atoms with Crippen LogP contribution >= 0.6 is 0 Å². The number of rotatable bonds is 4.